The average molecular weight is 367 g/mol. The van der Waals surface area contributed by atoms with Crippen molar-refractivity contribution in [2.75, 3.05) is 0 Å². The van der Waals surface area contributed by atoms with Crippen molar-refractivity contribution in [3.8, 4) is 11.5 Å². The molecule has 3 aromatic rings. The number of hydrogen-bond acceptors (Lipinski definition) is 5. The Morgan fingerprint density at radius 1 is 0.926 bits per heavy atom. The minimum atomic E-state index is -0.492. The third-order valence-electron chi connectivity index (χ3n) is 4.54. The molecule has 0 amide bonds. The van der Waals surface area contributed by atoms with Gasteiger partial charge in [-0.05, 0) is 18.9 Å². The van der Waals surface area contributed by atoms with E-state index in [1.165, 1.54) is 20.8 Å². The molecule has 2 aromatic carbocycles. The van der Waals surface area contributed by atoms with Crippen molar-refractivity contribution >= 4 is 39.5 Å². The van der Waals surface area contributed by atoms with E-state index in [0.29, 0.717) is 39.6 Å². The van der Waals surface area contributed by atoms with E-state index < -0.39 is 11.9 Å². The largest absolute Gasteiger partial charge is 0.425 e. The highest BCUT2D eigenvalue weighted by molar-refractivity contribution is 6.15. The summed E-state index contributed by atoms with van der Waals surface area (Å²) in [6.07, 6.45) is 0.593. The van der Waals surface area contributed by atoms with Gasteiger partial charge in [-0.15, -0.1) is 0 Å². The van der Waals surface area contributed by atoms with E-state index in [0.717, 1.165) is 11.3 Å². The van der Waals surface area contributed by atoms with Crippen LogP contribution in [-0.2, 0) is 16.0 Å². The van der Waals surface area contributed by atoms with Gasteiger partial charge in [-0.25, -0.2) is 0 Å². The molecule has 0 radical (unpaired) electrons. The molecule has 1 heterocycles. The lowest BCUT2D eigenvalue weighted by atomic mass is 10.0. The van der Waals surface area contributed by atoms with Crippen LogP contribution in [0.1, 0.15) is 43.7 Å². The van der Waals surface area contributed by atoms with Gasteiger partial charge in [-0.3, -0.25) is 19.0 Å². The highest BCUT2D eigenvalue weighted by atomic mass is 16.5. The summed E-state index contributed by atoms with van der Waals surface area (Å²) in [5.74, 6) is -0.496. The first-order valence-corrected chi connectivity index (χ1v) is 8.74. The summed E-state index contributed by atoms with van der Waals surface area (Å²) in [4.78, 5) is 36.1. The lowest BCUT2D eigenvalue weighted by molar-refractivity contribution is -0.132. The Balaban J connectivity index is 2.66. The van der Waals surface area contributed by atoms with E-state index in [4.69, 9.17) is 9.47 Å². The van der Waals surface area contributed by atoms with Crippen molar-refractivity contribution in [1.82, 2.24) is 4.57 Å². The second-order valence-electron chi connectivity index (χ2n) is 6.39. The second kappa shape index (κ2) is 6.87. The molecule has 0 bridgehead atoms. The van der Waals surface area contributed by atoms with E-state index in [2.05, 4.69) is 0 Å². The van der Waals surface area contributed by atoms with Gasteiger partial charge in [-0.2, -0.15) is 0 Å². The van der Waals surface area contributed by atoms with E-state index in [1.807, 2.05) is 19.9 Å². The molecular formula is C21H21NO5. The highest BCUT2D eigenvalue weighted by Crippen LogP contribution is 2.46. The number of carbonyl (C=O) groups is 3. The third-order valence-corrected chi connectivity index (χ3v) is 4.54. The van der Waals surface area contributed by atoms with Gasteiger partial charge in [0.15, 0.2) is 5.75 Å². The predicted molar refractivity (Wildman–Crippen MR) is 102 cm³/mol. The van der Waals surface area contributed by atoms with Crippen LogP contribution in [0.25, 0.3) is 21.7 Å². The summed E-state index contributed by atoms with van der Waals surface area (Å²) < 4.78 is 12.7. The number of aryl methyl sites for hydroxylation is 1. The molecule has 6 heteroatoms. The number of nitrogens with zero attached hydrogens (tertiary/aromatic N) is 1. The summed E-state index contributed by atoms with van der Waals surface area (Å²) in [6, 6.07) is 7.19. The molecule has 140 valence electrons. The number of rotatable bonds is 3. The fourth-order valence-electron chi connectivity index (χ4n) is 3.64. The van der Waals surface area contributed by atoms with Gasteiger partial charge in [0.25, 0.3) is 0 Å². The quantitative estimate of drug-likeness (QED) is 0.513. The smallest absolute Gasteiger partial charge is 0.308 e. The fraction of sp³-hybridized carbons (Fsp3) is 0.286. The Kier molecular flexibility index (Phi) is 4.74. The SMILES string of the molecule is CCc1c(C)c2c(OC(C)=O)c3ccccc3c(OC(C)=O)c2n1C(C)=O. The van der Waals surface area contributed by atoms with Gasteiger partial charge in [0.1, 0.15) is 11.3 Å². The molecule has 0 aliphatic carbocycles. The number of aromatic nitrogens is 1. The summed E-state index contributed by atoms with van der Waals surface area (Å²) in [7, 11) is 0. The van der Waals surface area contributed by atoms with Gasteiger partial charge in [0.05, 0.1) is 5.39 Å². The van der Waals surface area contributed by atoms with E-state index >= 15 is 0 Å². The number of carbonyl (C=O) groups excluding carboxylic acids is 3. The fourth-order valence-corrected chi connectivity index (χ4v) is 3.64. The lowest BCUT2D eigenvalue weighted by Gasteiger charge is -2.15. The monoisotopic (exact) mass is 367 g/mol. The molecule has 0 N–H and O–H groups in total. The number of esters is 2. The van der Waals surface area contributed by atoms with Gasteiger partial charge >= 0.3 is 11.9 Å². The van der Waals surface area contributed by atoms with E-state index in [1.54, 1.807) is 22.8 Å². The zero-order valence-corrected chi connectivity index (χ0v) is 16.0. The molecule has 3 rings (SSSR count). The maximum absolute atomic E-state index is 12.5. The summed E-state index contributed by atoms with van der Waals surface area (Å²) in [6.45, 7) is 7.92. The number of fused-ring (bicyclic) bond motifs is 2. The highest BCUT2D eigenvalue weighted by Gasteiger charge is 2.27. The molecule has 0 aliphatic rings. The third kappa shape index (κ3) is 2.97. The van der Waals surface area contributed by atoms with Gasteiger partial charge in [0.2, 0.25) is 5.91 Å². The number of ether oxygens (including phenoxy) is 2. The molecule has 0 aliphatic heterocycles. The molecule has 0 unspecified atom stereocenters. The zero-order chi connectivity index (χ0) is 19.9. The van der Waals surface area contributed by atoms with Crippen molar-refractivity contribution in [3.05, 3.63) is 35.5 Å². The maximum Gasteiger partial charge on any atom is 0.308 e. The second-order valence-corrected chi connectivity index (χ2v) is 6.39. The Bertz CT molecular complexity index is 1110. The van der Waals surface area contributed by atoms with Crippen LogP contribution in [0.4, 0.5) is 0 Å². The molecule has 0 saturated heterocycles. The predicted octanol–water partition coefficient (Wildman–Crippen LogP) is 4.18. The van der Waals surface area contributed by atoms with Crippen molar-refractivity contribution in [3.63, 3.8) is 0 Å². The molecule has 1 aromatic heterocycles. The van der Waals surface area contributed by atoms with Crippen molar-refractivity contribution < 1.29 is 23.9 Å². The maximum atomic E-state index is 12.5. The molecule has 6 nitrogen and oxygen atoms in total. The standard InChI is InChI=1S/C21H21NO5/c1-6-17-11(2)18-19(22(17)12(3)23)21(27-14(5)25)16-10-8-7-9-15(16)20(18)26-13(4)24/h7-10H,6H2,1-5H3. The molecule has 0 saturated carbocycles. The molecule has 0 fully saturated rings. The first kappa shape index (κ1) is 18.6. The van der Waals surface area contributed by atoms with Crippen molar-refractivity contribution in [1.29, 1.82) is 0 Å². The van der Waals surface area contributed by atoms with Crippen LogP contribution in [0.3, 0.4) is 0 Å². The Morgan fingerprint density at radius 2 is 1.44 bits per heavy atom. The van der Waals surface area contributed by atoms with Crippen molar-refractivity contribution in [2.24, 2.45) is 0 Å². The van der Waals surface area contributed by atoms with Crippen LogP contribution in [0.5, 0.6) is 11.5 Å². The molecule has 27 heavy (non-hydrogen) atoms. The number of benzene rings is 2. The lowest BCUT2D eigenvalue weighted by Crippen LogP contribution is -2.12. The summed E-state index contributed by atoms with van der Waals surface area (Å²) >= 11 is 0. The minimum absolute atomic E-state index is 0.206. The Morgan fingerprint density at radius 3 is 1.93 bits per heavy atom. The molecule has 0 atom stereocenters. The minimum Gasteiger partial charge on any atom is -0.425 e. The molecule has 0 spiro atoms. The molecular weight excluding hydrogens is 346 g/mol. The van der Waals surface area contributed by atoms with Crippen molar-refractivity contribution in [2.45, 2.75) is 41.0 Å². The first-order chi connectivity index (χ1) is 12.8. The normalized spacial score (nSPS) is 11.0. The summed E-state index contributed by atoms with van der Waals surface area (Å²) in [5.41, 5.74) is 2.05. The van der Waals surface area contributed by atoms with Gasteiger partial charge < -0.3 is 9.47 Å². The van der Waals surface area contributed by atoms with Crippen LogP contribution in [-0.4, -0.2) is 22.4 Å². The first-order valence-electron chi connectivity index (χ1n) is 8.74. The average Bonchev–Trinajstić information content (AvgIpc) is 2.90. The van der Waals surface area contributed by atoms with Crippen LogP contribution >= 0.6 is 0 Å². The Hall–Kier alpha value is -3.15. The van der Waals surface area contributed by atoms with Crippen LogP contribution in [0.2, 0.25) is 0 Å². The van der Waals surface area contributed by atoms with E-state index in [-0.39, 0.29) is 5.91 Å². The van der Waals surface area contributed by atoms with Gasteiger partial charge in [-0.1, -0.05) is 31.2 Å². The van der Waals surface area contributed by atoms with Crippen LogP contribution in [0, 0.1) is 6.92 Å². The summed E-state index contributed by atoms with van der Waals surface area (Å²) in [5, 5.41) is 1.84. The van der Waals surface area contributed by atoms with Crippen LogP contribution in [0.15, 0.2) is 24.3 Å². The topological polar surface area (TPSA) is 74.6 Å². The van der Waals surface area contributed by atoms with Crippen LogP contribution < -0.4 is 9.47 Å². The van der Waals surface area contributed by atoms with Gasteiger partial charge in [0, 0.05) is 37.2 Å². The zero-order valence-electron chi connectivity index (χ0n) is 16.0. The Labute approximate surface area is 156 Å². The number of hydrogen-bond donors (Lipinski definition) is 0. The van der Waals surface area contributed by atoms with E-state index in [9.17, 15) is 14.4 Å².